The van der Waals surface area contributed by atoms with Crippen LogP contribution in [0.4, 0.5) is 0 Å². The number of fused-ring (bicyclic) bond motifs is 1. The van der Waals surface area contributed by atoms with Crippen LogP contribution in [0.2, 0.25) is 0 Å². The van der Waals surface area contributed by atoms with Crippen LogP contribution >= 0.6 is 23.1 Å². The number of aliphatic carboxylic acids is 1. The zero-order valence-corrected chi connectivity index (χ0v) is 19.4. The molecule has 0 saturated carbocycles. The first-order chi connectivity index (χ1) is 13.3. The molecule has 1 unspecified atom stereocenters. The zero-order valence-electron chi connectivity index (χ0n) is 15.7. The van der Waals surface area contributed by atoms with Crippen molar-refractivity contribution in [2.45, 2.75) is 30.9 Å². The van der Waals surface area contributed by atoms with Crippen molar-refractivity contribution in [2.75, 3.05) is 12.4 Å². The molecule has 2 amide bonds. The molecule has 3 rings (SSSR count). The third-order valence-electron chi connectivity index (χ3n) is 4.29. The number of aliphatic hydroxyl groups is 1. The number of esters is 1. The predicted molar refractivity (Wildman–Crippen MR) is 97.7 cm³/mol. The molecule has 12 heteroatoms. The fourth-order valence-electron chi connectivity index (χ4n) is 3.09. The van der Waals surface area contributed by atoms with E-state index in [0.717, 1.165) is 16.7 Å². The molecule has 1 aromatic rings. The fraction of sp³-hybridized carbons (Fsp3) is 0.412. The Bertz CT molecular complexity index is 843. The van der Waals surface area contributed by atoms with Crippen LogP contribution in [-0.4, -0.2) is 63.6 Å². The van der Waals surface area contributed by atoms with Crippen LogP contribution in [0.5, 0.6) is 0 Å². The summed E-state index contributed by atoms with van der Waals surface area (Å²) >= 11 is 2.64. The number of nitrogens with zero attached hydrogens (tertiary/aromatic N) is 1. The number of amides is 2. The van der Waals surface area contributed by atoms with Gasteiger partial charge in [-0.1, -0.05) is 6.07 Å². The molecule has 2 aliphatic rings. The van der Waals surface area contributed by atoms with E-state index in [9.17, 15) is 29.4 Å². The van der Waals surface area contributed by atoms with E-state index in [2.05, 4.69) is 5.32 Å². The second kappa shape index (κ2) is 10.1. The number of hydrogen-bond donors (Lipinski definition) is 2. The van der Waals surface area contributed by atoms with Gasteiger partial charge in [0.25, 0.3) is 5.91 Å². The van der Waals surface area contributed by atoms with Crippen LogP contribution in [0.3, 0.4) is 0 Å². The molecule has 3 atom stereocenters. The predicted octanol–water partition coefficient (Wildman–Crippen LogP) is -4.38. The van der Waals surface area contributed by atoms with Crippen LogP contribution in [-0.2, 0) is 30.3 Å². The molecule has 1 fully saturated rings. The van der Waals surface area contributed by atoms with Crippen LogP contribution < -0.4 is 40.0 Å². The van der Waals surface area contributed by atoms with Crippen molar-refractivity contribution in [3.63, 3.8) is 0 Å². The summed E-state index contributed by atoms with van der Waals surface area (Å²) in [5.74, 6) is -3.12. The molecule has 2 aliphatic heterocycles. The number of carbonyl (C=O) groups is 4. The number of carbonyl (C=O) groups excluding carboxylic acids is 4. The third kappa shape index (κ3) is 5.04. The minimum atomic E-state index is -1.61. The zero-order chi connectivity index (χ0) is 20.4. The smallest absolute Gasteiger partial charge is 0.543 e. The Morgan fingerprint density at radius 1 is 1.45 bits per heavy atom. The summed E-state index contributed by atoms with van der Waals surface area (Å²) in [6, 6.07) is 2.77. The van der Waals surface area contributed by atoms with Gasteiger partial charge < -0.3 is 25.1 Å². The van der Waals surface area contributed by atoms with E-state index in [1.807, 2.05) is 17.5 Å². The molecule has 0 spiro atoms. The number of carboxylic acid groups (broad SMARTS) is 1. The van der Waals surface area contributed by atoms with Crippen molar-refractivity contribution in [3.05, 3.63) is 33.7 Å². The quantitative estimate of drug-likeness (QED) is 0.243. The number of hydrogen-bond acceptors (Lipinski definition) is 9. The Kier molecular flexibility index (Phi) is 8.32. The molecule has 3 heterocycles. The van der Waals surface area contributed by atoms with Crippen molar-refractivity contribution < 1.29 is 63.7 Å². The van der Waals surface area contributed by atoms with E-state index in [4.69, 9.17) is 4.74 Å². The van der Waals surface area contributed by atoms with Gasteiger partial charge in [0.05, 0.1) is 24.7 Å². The number of carboxylic acids is 1. The molecule has 29 heavy (non-hydrogen) atoms. The van der Waals surface area contributed by atoms with E-state index < -0.39 is 47.7 Å². The molecule has 0 radical (unpaired) electrons. The minimum Gasteiger partial charge on any atom is -0.543 e. The Labute approximate surface area is 196 Å². The number of aliphatic hydroxyl groups excluding tert-OH is 1. The van der Waals surface area contributed by atoms with Gasteiger partial charge in [-0.2, -0.15) is 0 Å². The number of thioether (sulfide) groups is 1. The maximum absolute atomic E-state index is 12.5. The Balaban J connectivity index is 0.00000300. The van der Waals surface area contributed by atoms with Gasteiger partial charge in [-0.15, -0.1) is 23.1 Å². The topological polar surface area (TPSA) is 136 Å². The van der Waals surface area contributed by atoms with E-state index in [-0.39, 0.29) is 53.2 Å². The summed E-state index contributed by atoms with van der Waals surface area (Å²) in [6.07, 6.45) is -1.05. The first-order valence-electron chi connectivity index (χ1n) is 8.32. The molecule has 1 aromatic heterocycles. The van der Waals surface area contributed by atoms with Crippen LogP contribution in [0.15, 0.2) is 28.8 Å². The molecule has 2 N–H and O–H groups in total. The van der Waals surface area contributed by atoms with Gasteiger partial charge in [-0.25, -0.2) is 0 Å². The van der Waals surface area contributed by atoms with Gasteiger partial charge >= 0.3 is 35.5 Å². The summed E-state index contributed by atoms with van der Waals surface area (Å²) < 4.78 is 4.95. The van der Waals surface area contributed by atoms with Crippen molar-refractivity contribution in [1.82, 2.24) is 10.2 Å². The van der Waals surface area contributed by atoms with Crippen molar-refractivity contribution >= 4 is 46.9 Å². The Morgan fingerprint density at radius 2 is 2.17 bits per heavy atom. The van der Waals surface area contributed by atoms with Crippen LogP contribution in [0.1, 0.15) is 11.8 Å². The molecule has 0 bridgehead atoms. The van der Waals surface area contributed by atoms with Gasteiger partial charge in [0.15, 0.2) is 0 Å². The van der Waals surface area contributed by atoms with E-state index >= 15 is 0 Å². The summed E-state index contributed by atoms with van der Waals surface area (Å²) in [4.78, 5) is 49.4. The second-order valence-electron chi connectivity index (χ2n) is 6.15. The third-order valence-corrected chi connectivity index (χ3v) is 6.46. The van der Waals surface area contributed by atoms with Crippen LogP contribution in [0, 0.1) is 0 Å². The molecular weight excluding hydrogens is 431 g/mol. The van der Waals surface area contributed by atoms with Gasteiger partial charge in [0, 0.05) is 23.1 Å². The summed E-state index contributed by atoms with van der Waals surface area (Å²) in [7, 11) is 0. The summed E-state index contributed by atoms with van der Waals surface area (Å²) in [5, 5.41) is 25.0. The summed E-state index contributed by atoms with van der Waals surface area (Å²) in [5.41, 5.74) is -0.325. The van der Waals surface area contributed by atoms with Crippen molar-refractivity contribution in [2.24, 2.45) is 0 Å². The fourth-order valence-corrected chi connectivity index (χ4v) is 5.20. The average Bonchev–Trinajstić information content (AvgIpc) is 3.15. The minimum absolute atomic E-state index is 0. The Morgan fingerprint density at radius 3 is 2.72 bits per heavy atom. The maximum atomic E-state index is 12.5. The standard InChI is InChI=1S/C17H18N2O7S2.Na/c1-8(21)26-11(6-20)10-7-28-16-13(15(23)19(16)14(10)17(24)25)18-12(22)5-9-3-2-4-27-9;/h2-4,11,13,16,20H,5-7H2,1H3,(H,18,22)(H,24,25);/q;+1/p-1/t11?,13-,16-;/m1./s1. The van der Waals surface area contributed by atoms with E-state index in [1.165, 1.54) is 23.1 Å². The van der Waals surface area contributed by atoms with Crippen molar-refractivity contribution in [3.8, 4) is 0 Å². The summed E-state index contributed by atoms with van der Waals surface area (Å²) in [6.45, 7) is 0.508. The number of thiophene rings is 1. The van der Waals surface area contributed by atoms with Crippen molar-refractivity contribution in [1.29, 1.82) is 0 Å². The maximum Gasteiger partial charge on any atom is 1.00 e. The Hall–Kier alpha value is -1.37. The largest absolute Gasteiger partial charge is 1.00 e. The number of ether oxygens (including phenoxy) is 1. The van der Waals surface area contributed by atoms with Gasteiger partial charge in [-0.05, 0) is 11.4 Å². The molecule has 0 aromatic carbocycles. The number of β-lactam (4-membered cyclic amide) rings is 1. The molecule has 0 aliphatic carbocycles. The monoisotopic (exact) mass is 448 g/mol. The van der Waals surface area contributed by atoms with Gasteiger partial charge in [-0.3, -0.25) is 19.3 Å². The second-order valence-corrected chi connectivity index (χ2v) is 8.29. The molecule has 150 valence electrons. The van der Waals surface area contributed by atoms with Gasteiger partial charge in [0.2, 0.25) is 5.91 Å². The van der Waals surface area contributed by atoms with Gasteiger partial charge in [0.1, 0.15) is 17.5 Å². The number of nitrogens with one attached hydrogen (secondary N) is 1. The molecular formula is C17H17N2NaO7S2. The SMILES string of the molecule is CC(=O)OC(CO)C1=C(C(=O)[O-])N2C(=O)[C@@H](NC(=O)Cc3cccs3)[C@H]2SC1.[Na+]. The first kappa shape index (κ1) is 23.9. The normalized spacial score (nSPS) is 21.4. The molecule has 1 saturated heterocycles. The van der Waals surface area contributed by atoms with Crippen LogP contribution in [0.25, 0.3) is 0 Å². The average molecular weight is 448 g/mol. The first-order valence-corrected chi connectivity index (χ1v) is 10.2. The van der Waals surface area contributed by atoms with E-state index in [1.54, 1.807) is 0 Å². The molecule has 9 nitrogen and oxygen atoms in total. The number of rotatable bonds is 7. The van der Waals surface area contributed by atoms with E-state index in [0.29, 0.717) is 0 Å².